The zero-order chi connectivity index (χ0) is 15.2. The number of carbonyl (C=O) groups excluding carboxylic acids is 2. The summed E-state index contributed by atoms with van der Waals surface area (Å²) in [4.78, 5) is 24.5. The van der Waals surface area contributed by atoms with Crippen molar-refractivity contribution in [3.8, 4) is 0 Å². The summed E-state index contributed by atoms with van der Waals surface area (Å²) >= 11 is 0. The number of nitrogens with zero attached hydrogens (tertiary/aromatic N) is 1. The van der Waals surface area contributed by atoms with E-state index in [2.05, 4.69) is 0 Å². The van der Waals surface area contributed by atoms with Crippen molar-refractivity contribution < 1.29 is 18.0 Å². The van der Waals surface area contributed by atoms with E-state index in [4.69, 9.17) is 0 Å². The van der Waals surface area contributed by atoms with Crippen molar-refractivity contribution >= 4 is 21.8 Å². The summed E-state index contributed by atoms with van der Waals surface area (Å²) in [6, 6.07) is 12.3. The molecule has 0 atom stereocenters. The van der Waals surface area contributed by atoms with Gasteiger partial charge in [-0.25, -0.2) is 8.42 Å². The van der Waals surface area contributed by atoms with Crippen LogP contribution in [0.1, 0.15) is 26.3 Å². The topological polar surface area (TPSA) is 71.5 Å². The lowest BCUT2D eigenvalue weighted by Gasteiger charge is -2.15. The molecule has 0 spiro atoms. The predicted molar refractivity (Wildman–Crippen MR) is 75.3 cm³/mol. The number of benzene rings is 2. The molecule has 0 radical (unpaired) electrons. The molecular formula is C15H11NO4S. The van der Waals surface area contributed by atoms with Gasteiger partial charge in [-0.1, -0.05) is 30.3 Å². The third-order valence-corrected chi connectivity index (χ3v) is 5.19. The number of imide groups is 1. The molecule has 0 saturated carbocycles. The van der Waals surface area contributed by atoms with Gasteiger partial charge in [-0.3, -0.25) is 9.59 Å². The van der Waals surface area contributed by atoms with Crippen LogP contribution in [0, 0.1) is 6.92 Å². The van der Waals surface area contributed by atoms with Crippen molar-refractivity contribution in [3.63, 3.8) is 0 Å². The third kappa shape index (κ3) is 1.87. The van der Waals surface area contributed by atoms with Crippen molar-refractivity contribution in [1.82, 2.24) is 4.31 Å². The Morgan fingerprint density at radius 3 is 1.81 bits per heavy atom. The summed E-state index contributed by atoms with van der Waals surface area (Å²) in [6.07, 6.45) is 0. The van der Waals surface area contributed by atoms with Crippen LogP contribution < -0.4 is 0 Å². The molecule has 0 aromatic heterocycles. The summed E-state index contributed by atoms with van der Waals surface area (Å²) in [5.74, 6) is -1.61. The number of rotatable bonds is 2. The van der Waals surface area contributed by atoms with Crippen molar-refractivity contribution in [2.24, 2.45) is 0 Å². The van der Waals surface area contributed by atoms with E-state index in [-0.39, 0.29) is 16.0 Å². The molecule has 5 nitrogen and oxygen atoms in total. The zero-order valence-corrected chi connectivity index (χ0v) is 11.9. The van der Waals surface area contributed by atoms with Gasteiger partial charge in [0.25, 0.3) is 21.8 Å². The molecule has 0 fully saturated rings. The maximum atomic E-state index is 12.6. The van der Waals surface area contributed by atoms with E-state index in [0.29, 0.717) is 9.87 Å². The van der Waals surface area contributed by atoms with Crippen molar-refractivity contribution in [2.45, 2.75) is 11.8 Å². The fourth-order valence-corrected chi connectivity index (χ4v) is 3.89. The number of fused-ring (bicyclic) bond motifs is 1. The fraction of sp³-hybridized carbons (Fsp3) is 0.0667. The minimum Gasteiger partial charge on any atom is -0.267 e. The van der Waals surface area contributed by atoms with Gasteiger partial charge in [0.2, 0.25) is 0 Å². The monoisotopic (exact) mass is 301 g/mol. The molecule has 0 aliphatic carbocycles. The molecule has 1 heterocycles. The molecule has 0 saturated heterocycles. The first-order valence-electron chi connectivity index (χ1n) is 6.23. The number of hydrogen-bond donors (Lipinski definition) is 0. The van der Waals surface area contributed by atoms with Gasteiger partial charge < -0.3 is 0 Å². The van der Waals surface area contributed by atoms with Crippen LogP contribution in [0.3, 0.4) is 0 Å². The van der Waals surface area contributed by atoms with Crippen LogP contribution in [-0.4, -0.2) is 24.5 Å². The molecule has 6 heteroatoms. The van der Waals surface area contributed by atoms with Gasteiger partial charge in [-0.05, 0) is 30.7 Å². The summed E-state index contributed by atoms with van der Waals surface area (Å²) in [5.41, 5.74) is 0.702. The summed E-state index contributed by atoms with van der Waals surface area (Å²) in [7, 11) is -4.20. The Labute approximate surface area is 121 Å². The quantitative estimate of drug-likeness (QED) is 0.795. The van der Waals surface area contributed by atoms with Gasteiger partial charge >= 0.3 is 0 Å². The number of aryl methyl sites for hydroxylation is 1. The van der Waals surface area contributed by atoms with Gasteiger partial charge in [0.1, 0.15) is 0 Å². The Morgan fingerprint density at radius 2 is 1.29 bits per heavy atom. The van der Waals surface area contributed by atoms with E-state index in [1.54, 1.807) is 37.3 Å². The largest absolute Gasteiger partial charge is 0.275 e. The molecule has 2 aromatic rings. The summed E-state index contributed by atoms with van der Waals surface area (Å²) < 4.78 is 25.6. The van der Waals surface area contributed by atoms with Crippen LogP contribution >= 0.6 is 0 Å². The highest BCUT2D eigenvalue weighted by Crippen LogP contribution is 2.29. The Balaban J connectivity index is 2.17. The highest BCUT2D eigenvalue weighted by atomic mass is 32.2. The minimum atomic E-state index is -4.20. The van der Waals surface area contributed by atoms with Crippen molar-refractivity contribution in [3.05, 3.63) is 65.2 Å². The molecule has 0 bridgehead atoms. The number of hydrogen-bond acceptors (Lipinski definition) is 4. The van der Waals surface area contributed by atoms with E-state index in [1.807, 2.05) is 0 Å². The van der Waals surface area contributed by atoms with Crippen LogP contribution in [-0.2, 0) is 10.0 Å². The van der Waals surface area contributed by atoms with Crippen LogP contribution in [0.5, 0.6) is 0 Å². The first-order valence-corrected chi connectivity index (χ1v) is 7.67. The first-order chi connectivity index (χ1) is 9.94. The molecule has 1 aliphatic heterocycles. The first kappa shape index (κ1) is 13.5. The van der Waals surface area contributed by atoms with Crippen LogP contribution in [0.2, 0.25) is 0 Å². The maximum absolute atomic E-state index is 12.6. The lowest BCUT2D eigenvalue weighted by atomic mass is 10.1. The second-order valence-electron chi connectivity index (χ2n) is 4.69. The molecule has 2 amide bonds. The van der Waals surface area contributed by atoms with Gasteiger partial charge in [0.15, 0.2) is 0 Å². The molecule has 3 rings (SSSR count). The van der Waals surface area contributed by atoms with Crippen LogP contribution in [0.4, 0.5) is 0 Å². The van der Waals surface area contributed by atoms with Crippen molar-refractivity contribution in [1.29, 1.82) is 0 Å². The molecule has 2 aromatic carbocycles. The molecule has 0 unspecified atom stereocenters. The highest BCUT2D eigenvalue weighted by molar-refractivity contribution is 7.90. The SMILES string of the molecule is Cc1ccccc1S(=O)(=O)N1C(=O)c2ccccc2C1=O. The normalized spacial score (nSPS) is 14.4. The van der Waals surface area contributed by atoms with Gasteiger partial charge in [-0.2, -0.15) is 4.31 Å². The average molecular weight is 301 g/mol. The number of carbonyl (C=O) groups is 2. The second-order valence-corrected chi connectivity index (χ2v) is 6.45. The standard InChI is InChI=1S/C15H11NO4S/c1-10-6-2-5-9-13(10)21(19,20)16-14(17)11-7-3-4-8-12(11)15(16)18/h2-9H,1H3. The molecule has 21 heavy (non-hydrogen) atoms. The fourth-order valence-electron chi connectivity index (χ4n) is 2.33. The molecular weight excluding hydrogens is 290 g/mol. The summed E-state index contributed by atoms with van der Waals surface area (Å²) in [6.45, 7) is 1.62. The average Bonchev–Trinajstić information content (AvgIpc) is 2.72. The second kappa shape index (κ2) is 4.53. The van der Waals surface area contributed by atoms with E-state index in [9.17, 15) is 18.0 Å². The van der Waals surface area contributed by atoms with E-state index in [0.717, 1.165) is 0 Å². The minimum absolute atomic E-state index is 0.0421. The Bertz CT molecular complexity index is 836. The maximum Gasteiger partial charge on any atom is 0.275 e. The number of sulfonamides is 1. The lowest BCUT2D eigenvalue weighted by Crippen LogP contribution is -2.36. The zero-order valence-electron chi connectivity index (χ0n) is 11.1. The van der Waals surface area contributed by atoms with Crippen molar-refractivity contribution in [2.75, 3.05) is 0 Å². The predicted octanol–water partition coefficient (Wildman–Crippen LogP) is 1.98. The summed E-state index contributed by atoms with van der Waals surface area (Å²) in [5, 5.41) is 0. The van der Waals surface area contributed by atoms with Crippen LogP contribution in [0.25, 0.3) is 0 Å². The third-order valence-electron chi connectivity index (χ3n) is 3.37. The Hall–Kier alpha value is -2.47. The lowest BCUT2D eigenvalue weighted by molar-refractivity contribution is 0.0765. The van der Waals surface area contributed by atoms with E-state index < -0.39 is 21.8 Å². The Kier molecular flexibility index (Phi) is 2.91. The molecule has 0 N–H and O–H groups in total. The molecule has 106 valence electrons. The Morgan fingerprint density at radius 1 is 0.810 bits per heavy atom. The van der Waals surface area contributed by atoms with Gasteiger partial charge in [0, 0.05) is 0 Å². The molecule has 1 aliphatic rings. The van der Waals surface area contributed by atoms with E-state index in [1.165, 1.54) is 18.2 Å². The number of amides is 2. The highest BCUT2D eigenvalue weighted by Gasteiger charge is 2.44. The van der Waals surface area contributed by atoms with E-state index >= 15 is 0 Å². The smallest absolute Gasteiger partial charge is 0.267 e. The van der Waals surface area contributed by atoms with Gasteiger partial charge in [-0.15, -0.1) is 0 Å². The van der Waals surface area contributed by atoms with Crippen LogP contribution in [0.15, 0.2) is 53.4 Å². The van der Waals surface area contributed by atoms with Gasteiger partial charge in [0.05, 0.1) is 16.0 Å².